The van der Waals surface area contributed by atoms with E-state index in [1.165, 1.54) is 49.4 Å². The van der Waals surface area contributed by atoms with Crippen molar-refractivity contribution in [2.24, 2.45) is 0 Å². The zero-order chi connectivity index (χ0) is 17.7. The Bertz CT molecular complexity index is 875. The number of rotatable bonds is 6. The molecule has 0 radical (unpaired) electrons. The lowest BCUT2D eigenvalue weighted by molar-refractivity contribution is 0.104. The second-order valence-corrected chi connectivity index (χ2v) is 6.96. The van der Waals surface area contributed by atoms with Crippen molar-refractivity contribution in [2.45, 2.75) is 6.92 Å². The molecule has 0 spiro atoms. The van der Waals surface area contributed by atoms with Crippen LogP contribution in [-0.4, -0.2) is 20.0 Å². The standard InChI is InChI=1S/C17H15F2NO3S/c1-2-24(22,23)20-15-8-4-13(5-9-15)17(21)10-6-12-3-7-14(18)11-16(12)19/h3-11,20H,2H2,1H3. The monoisotopic (exact) mass is 351 g/mol. The number of carbonyl (C=O) groups is 1. The highest BCUT2D eigenvalue weighted by Crippen LogP contribution is 2.14. The Kier molecular flexibility index (Phi) is 5.46. The normalized spacial score (nSPS) is 11.6. The summed E-state index contributed by atoms with van der Waals surface area (Å²) in [5.41, 5.74) is 0.757. The summed E-state index contributed by atoms with van der Waals surface area (Å²) in [5, 5.41) is 0. The van der Waals surface area contributed by atoms with Crippen LogP contribution in [0.2, 0.25) is 0 Å². The molecule has 0 aliphatic rings. The third-order valence-electron chi connectivity index (χ3n) is 3.20. The lowest BCUT2D eigenvalue weighted by Crippen LogP contribution is -2.14. The lowest BCUT2D eigenvalue weighted by atomic mass is 10.1. The molecule has 0 aliphatic heterocycles. The molecule has 0 saturated heterocycles. The van der Waals surface area contributed by atoms with Gasteiger partial charge in [-0.1, -0.05) is 0 Å². The fourth-order valence-electron chi connectivity index (χ4n) is 1.85. The summed E-state index contributed by atoms with van der Waals surface area (Å²) in [6, 6.07) is 8.92. The van der Waals surface area contributed by atoms with E-state index in [0.29, 0.717) is 11.3 Å². The van der Waals surface area contributed by atoms with Crippen LogP contribution in [0.4, 0.5) is 14.5 Å². The van der Waals surface area contributed by atoms with Crippen LogP contribution >= 0.6 is 0 Å². The number of ketones is 1. The van der Waals surface area contributed by atoms with Gasteiger partial charge in [0.15, 0.2) is 5.78 Å². The van der Waals surface area contributed by atoms with Crippen molar-refractivity contribution in [3.05, 3.63) is 71.3 Å². The van der Waals surface area contributed by atoms with Crippen molar-refractivity contribution in [2.75, 3.05) is 10.5 Å². The molecule has 0 heterocycles. The maximum absolute atomic E-state index is 13.5. The third-order valence-corrected chi connectivity index (χ3v) is 4.51. The summed E-state index contributed by atoms with van der Waals surface area (Å²) in [7, 11) is -3.38. The first-order valence-electron chi connectivity index (χ1n) is 7.09. The SMILES string of the molecule is CCS(=O)(=O)Nc1ccc(C(=O)C=Cc2ccc(F)cc2F)cc1. The Balaban J connectivity index is 2.11. The number of sulfonamides is 1. The van der Waals surface area contributed by atoms with Crippen LogP contribution in [0.25, 0.3) is 6.08 Å². The van der Waals surface area contributed by atoms with Gasteiger partial charge < -0.3 is 0 Å². The fraction of sp³-hybridized carbons (Fsp3) is 0.118. The summed E-state index contributed by atoms with van der Waals surface area (Å²) in [6.07, 6.45) is 2.42. The van der Waals surface area contributed by atoms with Crippen LogP contribution in [0.3, 0.4) is 0 Å². The van der Waals surface area contributed by atoms with Crippen LogP contribution in [0.1, 0.15) is 22.8 Å². The molecule has 0 saturated carbocycles. The average Bonchev–Trinajstić information content (AvgIpc) is 2.54. The van der Waals surface area contributed by atoms with Crippen LogP contribution < -0.4 is 4.72 Å². The zero-order valence-corrected chi connectivity index (χ0v) is 13.6. The molecule has 0 fully saturated rings. The van der Waals surface area contributed by atoms with Crippen LogP contribution in [0.15, 0.2) is 48.5 Å². The first-order valence-corrected chi connectivity index (χ1v) is 8.74. The number of halogens is 2. The van der Waals surface area contributed by atoms with E-state index >= 15 is 0 Å². The maximum atomic E-state index is 13.5. The molecule has 24 heavy (non-hydrogen) atoms. The second-order valence-electron chi connectivity index (χ2n) is 4.95. The molecule has 0 aromatic heterocycles. The van der Waals surface area contributed by atoms with Gasteiger partial charge in [-0.3, -0.25) is 9.52 Å². The van der Waals surface area contributed by atoms with Crippen molar-refractivity contribution in [3.8, 4) is 0 Å². The predicted molar refractivity (Wildman–Crippen MR) is 89.2 cm³/mol. The lowest BCUT2D eigenvalue weighted by Gasteiger charge is -2.06. The van der Waals surface area contributed by atoms with Crippen LogP contribution in [0.5, 0.6) is 0 Å². The van der Waals surface area contributed by atoms with Crippen molar-refractivity contribution in [3.63, 3.8) is 0 Å². The Morgan fingerprint density at radius 3 is 2.38 bits per heavy atom. The number of benzene rings is 2. The van der Waals surface area contributed by atoms with Gasteiger partial charge in [-0.2, -0.15) is 0 Å². The molecule has 0 unspecified atom stereocenters. The minimum atomic E-state index is -3.38. The number of hydrogen-bond acceptors (Lipinski definition) is 3. The van der Waals surface area contributed by atoms with Gasteiger partial charge in [0.1, 0.15) is 11.6 Å². The minimum absolute atomic E-state index is 0.0559. The van der Waals surface area contributed by atoms with Gasteiger partial charge in [-0.05, 0) is 55.5 Å². The molecular weight excluding hydrogens is 336 g/mol. The number of anilines is 1. The molecule has 0 bridgehead atoms. The van der Waals surface area contributed by atoms with E-state index in [0.717, 1.165) is 12.1 Å². The highest BCUT2D eigenvalue weighted by Gasteiger charge is 2.08. The Morgan fingerprint density at radius 2 is 1.79 bits per heavy atom. The van der Waals surface area contributed by atoms with Crippen molar-refractivity contribution < 1.29 is 22.0 Å². The smallest absolute Gasteiger partial charge is 0.232 e. The van der Waals surface area contributed by atoms with E-state index in [1.807, 2.05) is 0 Å². The van der Waals surface area contributed by atoms with E-state index in [2.05, 4.69) is 4.72 Å². The van der Waals surface area contributed by atoms with Gasteiger partial charge in [0.25, 0.3) is 0 Å². The van der Waals surface area contributed by atoms with Gasteiger partial charge in [0, 0.05) is 22.9 Å². The van der Waals surface area contributed by atoms with Crippen LogP contribution in [-0.2, 0) is 10.0 Å². The first kappa shape index (κ1) is 17.8. The minimum Gasteiger partial charge on any atom is -0.289 e. The molecule has 0 amide bonds. The predicted octanol–water partition coefficient (Wildman–Crippen LogP) is 3.62. The van der Waals surface area contributed by atoms with E-state index < -0.39 is 21.7 Å². The average molecular weight is 351 g/mol. The first-order chi connectivity index (χ1) is 11.3. The Labute approximate surface area is 138 Å². The van der Waals surface area contributed by atoms with Gasteiger partial charge >= 0.3 is 0 Å². The third kappa shape index (κ3) is 4.73. The molecule has 7 heteroatoms. The molecule has 2 rings (SSSR count). The van der Waals surface area contributed by atoms with Gasteiger partial charge in [-0.25, -0.2) is 17.2 Å². The summed E-state index contributed by atoms with van der Waals surface area (Å²) in [4.78, 5) is 12.0. The fourth-order valence-corrected chi connectivity index (χ4v) is 2.49. The molecule has 2 aromatic rings. The molecule has 4 nitrogen and oxygen atoms in total. The highest BCUT2D eigenvalue weighted by molar-refractivity contribution is 7.92. The van der Waals surface area contributed by atoms with E-state index in [1.54, 1.807) is 0 Å². The molecule has 2 aromatic carbocycles. The van der Waals surface area contributed by atoms with Gasteiger partial charge in [-0.15, -0.1) is 0 Å². The number of allylic oxidation sites excluding steroid dienone is 1. The zero-order valence-electron chi connectivity index (χ0n) is 12.8. The molecule has 126 valence electrons. The Morgan fingerprint density at radius 1 is 1.12 bits per heavy atom. The summed E-state index contributed by atoms with van der Waals surface area (Å²) in [5.74, 6) is -1.90. The van der Waals surface area contributed by atoms with Crippen molar-refractivity contribution in [1.29, 1.82) is 0 Å². The topological polar surface area (TPSA) is 63.2 Å². The highest BCUT2D eigenvalue weighted by atomic mass is 32.2. The van der Waals surface area contributed by atoms with Crippen molar-refractivity contribution >= 4 is 27.6 Å². The van der Waals surface area contributed by atoms with E-state index in [4.69, 9.17) is 0 Å². The van der Waals surface area contributed by atoms with Gasteiger partial charge in [0.05, 0.1) is 5.75 Å². The molecule has 0 atom stereocenters. The van der Waals surface area contributed by atoms with Crippen molar-refractivity contribution in [1.82, 2.24) is 0 Å². The number of carbonyl (C=O) groups excluding carboxylic acids is 1. The summed E-state index contributed by atoms with van der Waals surface area (Å²) < 4.78 is 51.6. The quantitative estimate of drug-likeness (QED) is 0.639. The van der Waals surface area contributed by atoms with Gasteiger partial charge in [0.2, 0.25) is 10.0 Å². The summed E-state index contributed by atoms with van der Waals surface area (Å²) >= 11 is 0. The Hall–Kier alpha value is -2.54. The largest absolute Gasteiger partial charge is 0.289 e. The molecule has 0 aliphatic carbocycles. The van der Waals surface area contributed by atoms with E-state index in [9.17, 15) is 22.0 Å². The molecule has 1 N–H and O–H groups in total. The summed E-state index contributed by atoms with van der Waals surface area (Å²) in [6.45, 7) is 1.51. The van der Waals surface area contributed by atoms with E-state index in [-0.39, 0.29) is 17.1 Å². The number of nitrogens with one attached hydrogen (secondary N) is 1. The maximum Gasteiger partial charge on any atom is 0.232 e. The van der Waals surface area contributed by atoms with Crippen LogP contribution in [0, 0.1) is 11.6 Å². The second kappa shape index (κ2) is 7.35. The molecular formula is C17H15F2NO3S. The number of hydrogen-bond donors (Lipinski definition) is 1.